The third-order valence-corrected chi connectivity index (χ3v) is 4.04. The van der Waals surface area contributed by atoms with Crippen LogP contribution in [0.25, 0.3) is 0 Å². The zero-order valence-corrected chi connectivity index (χ0v) is 13.4. The van der Waals surface area contributed by atoms with Gasteiger partial charge in [0.2, 0.25) is 0 Å². The number of nitrogens with one attached hydrogen (secondary N) is 1. The van der Waals surface area contributed by atoms with Crippen molar-refractivity contribution >= 4 is 22.2 Å². The van der Waals surface area contributed by atoms with Gasteiger partial charge in [0.1, 0.15) is 12.4 Å². The Labute approximate surface area is 133 Å². The Hall–Kier alpha value is -2.14. The van der Waals surface area contributed by atoms with Crippen molar-refractivity contribution in [2.24, 2.45) is 0 Å². The maximum atomic E-state index is 12.4. The first-order valence-corrected chi connectivity index (χ1v) is 7.82. The highest BCUT2D eigenvalue weighted by molar-refractivity contribution is 7.16. The lowest BCUT2D eigenvalue weighted by Gasteiger charge is -2.08. The van der Waals surface area contributed by atoms with Gasteiger partial charge in [-0.15, -0.1) is 11.3 Å². The average molecular weight is 319 g/mol. The lowest BCUT2D eigenvalue weighted by atomic mass is 10.2. The van der Waals surface area contributed by atoms with Crippen LogP contribution in [-0.2, 0) is 0 Å². The molecule has 2 aromatic rings. The van der Waals surface area contributed by atoms with Crippen molar-refractivity contribution in [3.8, 4) is 5.75 Å². The van der Waals surface area contributed by atoms with E-state index in [0.717, 1.165) is 9.88 Å². The molecule has 0 bridgehead atoms. The van der Waals surface area contributed by atoms with Crippen LogP contribution in [0.3, 0.4) is 0 Å². The molecule has 0 unspecified atom stereocenters. The molecule has 1 amide bonds. The van der Waals surface area contributed by atoms with E-state index in [-0.39, 0.29) is 12.5 Å². The maximum absolute atomic E-state index is 12.4. The molecule has 0 aliphatic rings. The number of anilines is 1. The highest BCUT2D eigenvalue weighted by Crippen LogP contribution is 2.22. The number of rotatable bonds is 6. The van der Waals surface area contributed by atoms with Gasteiger partial charge in [0.05, 0.1) is 11.3 Å². The predicted octanol–water partition coefficient (Wildman–Crippen LogP) is 4.95. The van der Waals surface area contributed by atoms with Crippen LogP contribution in [0, 0.1) is 6.92 Å². The molecule has 0 saturated carbocycles. The Morgan fingerprint density at radius 2 is 2.00 bits per heavy atom. The summed E-state index contributed by atoms with van der Waals surface area (Å²) in [6.07, 6.45) is 1.18. The van der Waals surface area contributed by atoms with Gasteiger partial charge in [-0.25, -0.2) is 4.39 Å². The van der Waals surface area contributed by atoms with Crippen LogP contribution in [0.1, 0.15) is 28.6 Å². The molecule has 0 saturated heterocycles. The first-order chi connectivity index (χ1) is 10.6. The second kappa shape index (κ2) is 7.75. The fraction of sp³-hybridized carbons (Fsp3) is 0.235. The molecule has 0 fully saturated rings. The van der Waals surface area contributed by atoms with Gasteiger partial charge < -0.3 is 10.1 Å². The summed E-state index contributed by atoms with van der Waals surface area (Å²) in [7, 11) is 0. The molecule has 3 nitrogen and oxygen atoms in total. The fourth-order valence-corrected chi connectivity index (χ4v) is 2.54. The molecule has 1 N–H and O–H groups in total. The van der Waals surface area contributed by atoms with E-state index in [1.54, 1.807) is 24.3 Å². The van der Waals surface area contributed by atoms with Crippen molar-refractivity contribution < 1.29 is 13.9 Å². The number of amides is 1. The van der Waals surface area contributed by atoms with Crippen LogP contribution in [-0.4, -0.2) is 12.5 Å². The smallest absolute Gasteiger partial charge is 0.256 e. The van der Waals surface area contributed by atoms with E-state index in [9.17, 15) is 9.18 Å². The van der Waals surface area contributed by atoms with E-state index in [1.165, 1.54) is 11.3 Å². The van der Waals surface area contributed by atoms with Gasteiger partial charge in [0.15, 0.2) is 0 Å². The Bertz CT molecular complexity index is 662. The quantitative estimate of drug-likeness (QED) is 0.818. The second-order valence-corrected chi connectivity index (χ2v) is 6.09. The Balaban J connectivity index is 1.94. The summed E-state index contributed by atoms with van der Waals surface area (Å²) in [6, 6.07) is 10.6. The maximum Gasteiger partial charge on any atom is 0.256 e. The standard InChI is InChI=1S/C17H18FNO2S/c1-3-13(10-18)11-21-15-7-5-14(6-8-15)17(20)19-16-9-4-12(2)22-16/h4-10H,3,11H2,1-2H3,(H,19,20). The van der Waals surface area contributed by atoms with E-state index in [4.69, 9.17) is 4.74 Å². The largest absolute Gasteiger partial charge is 0.489 e. The van der Waals surface area contributed by atoms with E-state index in [1.807, 2.05) is 26.0 Å². The van der Waals surface area contributed by atoms with Crippen LogP contribution in [0.15, 0.2) is 48.3 Å². The highest BCUT2D eigenvalue weighted by Gasteiger charge is 2.07. The van der Waals surface area contributed by atoms with Gasteiger partial charge in [0, 0.05) is 10.4 Å². The van der Waals surface area contributed by atoms with E-state index >= 15 is 0 Å². The van der Waals surface area contributed by atoms with Crippen LogP contribution in [0.5, 0.6) is 5.75 Å². The molecular formula is C17H18FNO2S. The number of thiophene rings is 1. The molecule has 0 radical (unpaired) electrons. The van der Waals surface area contributed by atoms with Crippen molar-refractivity contribution in [1.82, 2.24) is 0 Å². The van der Waals surface area contributed by atoms with E-state index < -0.39 is 0 Å². The summed E-state index contributed by atoms with van der Waals surface area (Å²) in [4.78, 5) is 13.2. The second-order valence-electron chi connectivity index (χ2n) is 4.80. The minimum atomic E-state index is -0.161. The summed E-state index contributed by atoms with van der Waals surface area (Å²) >= 11 is 1.53. The van der Waals surface area contributed by atoms with Gasteiger partial charge >= 0.3 is 0 Å². The topological polar surface area (TPSA) is 38.3 Å². The monoisotopic (exact) mass is 319 g/mol. The molecule has 1 aromatic heterocycles. The molecule has 116 valence electrons. The molecule has 1 aromatic carbocycles. The minimum absolute atomic E-state index is 0.161. The zero-order valence-electron chi connectivity index (χ0n) is 12.6. The molecule has 5 heteroatoms. The number of hydrogen-bond donors (Lipinski definition) is 1. The number of ether oxygens (including phenoxy) is 1. The van der Waals surface area contributed by atoms with Crippen LogP contribution >= 0.6 is 11.3 Å². The van der Waals surface area contributed by atoms with Crippen molar-refractivity contribution in [1.29, 1.82) is 0 Å². The first kappa shape index (κ1) is 16.2. The average Bonchev–Trinajstić information content (AvgIpc) is 2.94. The van der Waals surface area contributed by atoms with Crippen molar-refractivity contribution in [3.63, 3.8) is 0 Å². The highest BCUT2D eigenvalue weighted by atomic mass is 32.1. The summed E-state index contributed by atoms with van der Waals surface area (Å²) in [5.41, 5.74) is 1.14. The number of hydrogen-bond acceptors (Lipinski definition) is 3. The van der Waals surface area contributed by atoms with E-state index in [2.05, 4.69) is 5.32 Å². The van der Waals surface area contributed by atoms with Gasteiger partial charge in [-0.05, 0) is 55.3 Å². The number of carbonyl (C=O) groups excluding carboxylic acids is 1. The summed E-state index contributed by atoms with van der Waals surface area (Å²) in [5.74, 6) is 0.447. The summed E-state index contributed by atoms with van der Waals surface area (Å²) < 4.78 is 17.9. The van der Waals surface area contributed by atoms with Gasteiger partial charge in [0.25, 0.3) is 5.91 Å². The summed E-state index contributed by atoms with van der Waals surface area (Å²) in [6.45, 7) is 4.07. The molecular weight excluding hydrogens is 301 g/mol. The van der Waals surface area contributed by atoms with Gasteiger partial charge in [-0.2, -0.15) is 0 Å². The molecule has 0 aliphatic carbocycles. The van der Waals surface area contributed by atoms with Gasteiger partial charge in [-0.1, -0.05) is 6.92 Å². The third kappa shape index (κ3) is 4.43. The summed E-state index contributed by atoms with van der Waals surface area (Å²) in [5, 5.41) is 3.67. The van der Waals surface area contributed by atoms with Crippen molar-refractivity contribution in [2.45, 2.75) is 20.3 Å². The third-order valence-electron chi connectivity index (χ3n) is 3.13. The van der Waals surface area contributed by atoms with Crippen LogP contribution in [0.4, 0.5) is 9.39 Å². The number of halogens is 1. The lowest BCUT2D eigenvalue weighted by Crippen LogP contribution is -2.10. The molecule has 2 rings (SSSR count). The Kier molecular flexibility index (Phi) is 5.72. The fourth-order valence-electron chi connectivity index (χ4n) is 1.78. The Morgan fingerprint density at radius 1 is 1.27 bits per heavy atom. The molecule has 1 heterocycles. The zero-order chi connectivity index (χ0) is 15.9. The van der Waals surface area contributed by atoms with Crippen molar-refractivity contribution in [3.05, 3.63) is 58.7 Å². The van der Waals surface area contributed by atoms with Crippen LogP contribution in [0.2, 0.25) is 0 Å². The lowest BCUT2D eigenvalue weighted by molar-refractivity contribution is 0.102. The molecule has 0 aliphatic heterocycles. The predicted molar refractivity (Wildman–Crippen MR) is 88.4 cm³/mol. The van der Waals surface area contributed by atoms with Gasteiger partial charge in [-0.3, -0.25) is 4.79 Å². The minimum Gasteiger partial charge on any atom is -0.489 e. The number of benzene rings is 1. The van der Waals surface area contributed by atoms with Crippen LogP contribution < -0.4 is 10.1 Å². The normalized spacial score (nSPS) is 11.3. The Morgan fingerprint density at radius 3 is 2.55 bits per heavy atom. The first-order valence-electron chi connectivity index (χ1n) is 7.01. The van der Waals surface area contributed by atoms with Crippen molar-refractivity contribution in [2.75, 3.05) is 11.9 Å². The molecule has 22 heavy (non-hydrogen) atoms. The SMILES string of the molecule is CCC(=CF)COc1ccc(C(=O)Nc2ccc(C)s2)cc1. The van der Waals surface area contributed by atoms with E-state index in [0.29, 0.717) is 29.6 Å². The molecule has 0 atom stereocenters. The number of carbonyl (C=O) groups is 1. The molecule has 0 spiro atoms. The number of aryl methyl sites for hydroxylation is 1.